The molecular weight excluding hydrogens is 457 g/mol. The van der Waals surface area contributed by atoms with Crippen molar-refractivity contribution in [2.45, 2.75) is 18.4 Å². The van der Waals surface area contributed by atoms with E-state index in [2.05, 4.69) is 15.1 Å². The maximum Gasteiger partial charge on any atom is 0.287 e. The van der Waals surface area contributed by atoms with Crippen molar-refractivity contribution in [1.29, 1.82) is 0 Å². The van der Waals surface area contributed by atoms with Crippen LogP contribution in [0.4, 0.5) is 5.69 Å². The number of carbonyl (C=O) groups is 2. The van der Waals surface area contributed by atoms with E-state index < -0.39 is 40.5 Å². The van der Waals surface area contributed by atoms with Crippen molar-refractivity contribution in [1.82, 2.24) is 19.4 Å². The van der Waals surface area contributed by atoms with E-state index in [-0.39, 0.29) is 20.6 Å². The molecule has 0 bridgehead atoms. The molecular formula is C17H19Cl2N5O5S. The van der Waals surface area contributed by atoms with Gasteiger partial charge in [-0.05, 0) is 24.6 Å². The smallest absolute Gasteiger partial charge is 0.287 e. The summed E-state index contributed by atoms with van der Waals surface area (Å²) in [5.74, 6) is -1.05. The number of halogens is 2. The molecule has 2 amide bonds. The van der Waals surface area contributed by atoms with E-state index in [0.29, 0.717) is 5.56 Å². The highest BCUT2D eigenvalue weighted by atomic mass is 35.5. The third kappa shape index (κ3) is 5.79. The molecule has 1 aromatic carbocycles. The molecule has 2 aromatic rings. The second kappa shape index (κ2) is 9.56. The van der Waals surface area contributed by atoms with E-state index in [9.17, 15) is 22.8 Å². The number of rotatable bonds is 7. The topological polar surface area (TPSA) is 130 Å². The van der Waals surface area contributed by atoms with Crippen molar-refractivity contribution in [3.63, 3.8) is 0 Å². The van der Waals surface area contributed by atoms with Gasteiger partial charge in [-0.25, -0.2) is 17.8 Å². The van der Waals surface area contributed by atoms with Gasteiger partial charge in [-0.3, -0.25) is 14.4 Å². The summed E-state index contributed by atoms with van der Waals surface area (Å²) in [6, 6.07) is 4.25. The van der Waals surface area contributed by atoms with Crippen LogP contribution >= 0.6 is 23.2 Å². The summed E-state index contributed by atoms with van der Waals surface area (Å²) in [4.78, 5) is 37.0. The zero-order valence-corrected chi connectivity index (χ0v) is 18.6. The Bertz CT molecular complexity index is 1150. The Morgan fingerprint density at radius 3 is 2.53 bits per heavy atom. The Hall–Kier alpha value is -2.47. The second-order valence-electron chi connectivity index (χ2n) is 6.41. The summed E-state index contributed by atoms with van der Waals surface area (Å²) in [5.41, 5.74) is -0.139. The summed E-state index contributed by atoms with van der Waals surface area (Å²) in [7, 11) is -0.990. The molecule has 0 atom stereocenters. The lowest BCUT2D eigenvalue weighted by atomic mass is 10.2. The number of aromatic nitrogens is 2. The normalized spacial score (nSPS) is 11.2. The van der Waals surface area contributed by atoms with Gasteiger partial charge in [0.25, 0.3) is 5.56 Å². The Labute approximate surface area is 182 Å². The molecule has 0 aliphatic heterocycles. The van der Waals surface area contributed by atoms with Crippen LogP contribution in [-0.2, 0) is 26.2 Å². The van der Waals surface area contributed by atoms with Gasteiger partial charge in [-0.2, -0.15) is 5.10 Å². The Morgan fingerprint density at radius 2 is 1.90 bits per heavy atom. The van der Waals surface area contributed by atoms with Gasteiger partial charge in [0.15, 0.2) is 0 Å². The fourth-order valence-electron chi connectivity index (χ4n) is 2.25. The van der Waals surface area contributed by atoms with Crippen molar-refractivity contribution in [3.8, 4) is 0 Å². The average Bonchev–Trinajstić information content (AvgIpc) is 2.68. The predicted octanol–water partition coefficient (Wildman–Crippen LogP) is 0.864. The highest BCUT2D eigenvalue weighted by Crippen LogP contribution is 2.20. The molecule has 30 heavy (non-hydrogen) atoms. The number of anilines is 1. The molecule has 1 aromatic heterocycles. The van der Waals surface area contributed by atoms with Gasteiger partial charge in [-0.15, -0.1) is 0 Å². The quantitative estimate of drug-likeness (QED) is 0.610. The lowest BCUT2D eigenvalue weighted by Crippen LogP contribution is -2.36. The minimum atomic E-state index is -4.00. The fraction of sp³-hybridized carbons (Fsp3) is 0.294. The molecule has 13 heteroatoms. The highest BCUT2D eigenvalue weighted by Gasteiger charge is 2.20. The first-order valence-corrected chi connectivity index (χ1v) is 10.7. The van der Waals surface area contributed by atoms with Crippen molar-refractivity contribution in [3.05, 3.63) is 50.4 Å². The van der Waals surface area contributed by atoms with Crippen LogP contribution in [0.1, 0.15) is 5.56 Å². The minimum absolute atomic E-state index is 0.0352. The van der Waals surface area contributed by atoms with Crippen LogP contribution in [0, 0.1) is 6.92 Å². The van der Waals surface area contributed by atoms with Crippen molar-refractivity contribution < 1.29 is 18.0 Å². The first-order chi connectivity index (χ1) is 13.9. The van der Waals surface area contributed by atoms with Crippen molar-refractivity contribution in [2.24, 2.45) is 0 Å². The number of benzene rings is 1. The largest absolute Gasteiger partial charge is 0.348 e. The molecule has 2 rings (SSSR count). The second-order valence-corrected chi connectivity index (χ2v) is 8.93. The molecule has 0 unspecified atom stereocenters. The molecule has 0 saturated heterocycles. The number of likely N-dealkylation sites (N-methyl/N-ethyl adjacent to an activating group) is 1. The molecule has 162 valence electrons. The third-order valence-electron chi connectivity index (χ3n) is 3.91. The van der Waals surface area contributed by atoms with E-state index >= 15 is 0 Å². The molecule has 0 radical (unpaired) electrons. The summed E-state index contributed by atoms with van der Waals surface area (Å²) in [6.45, 7) is 0.714. The van der Waals surface area contributed by atoms with Crippen LogP contribution < -0.4 is 15.6 Å². The van der Waals surface area contributed by atoms with Gasteiger partial charge in [0, 0.05) is 19.8 Å². The first kappa shape index (κ1) is 23.8. The predicted molar refractivity (Wildman–Crippen MR) is 112 cm³/mol. The summed E-state index contributed by atoms with van der Waals surface area (Å²) in [5, 5.41) is 5.93. The standard InChI is InChI=1S/C17H19Cl2N5O5S/c1-10-4-5-11(6-13(10)30(28,29)21-8-15(26)23(2)3)22-14(25)9-24-17(27)16(19)12(18)7-20-24/h4-7,21H,8-9H2,1-3H3,(H,22,25). The van der Waals surface area contributed by atoms with E-state index in [1.807, 2.05) is 0 Å². The number of amides is 2. The number of sulfonamides is 1. The summed E-state index contributed by atoms with van der Waals surface area (Å²) >= 11 is 11.4. The molecule has 0 aliphatic rings. The molecule has 0 fully saturated rings. The van der Waals surface area contributed by atoms with E-state index in [4.69, 9.17) is 23.2 Å². The average molecular weight is 476 g/mol. The van der Waals surface area contributed by atoms with Crippen LogP contribution in [0.3, 0.4) is 0 Å². The Morgan fingerprint density at radius 1 is 1.23 bits per heavy atom. The summed E-state index contributed by atoms with van der Waals surface area (Å²) < 4.78 is 28.1. The minimum Gasteiger partial charge on any atom is -0.348 e. The zero-order chi connectivity index (χ0) is 22.6. The Balaban J connectivity index is 2.18. The maximum atomic E-state index is 12.5. The zero-order valence-electron chi connectivity index (χ0n) is 16.3. The fourth-order valence-corrected chi connectivity index (χ4v) is 3.77. The van der Waals surface area contributed by atoms with Crippen molar-refractivity contribution >= 4 is 50.7 Å². The SMILES string of the molecule is Cc1ccc(NC(=O)Cn2ncc(Cl)c(Cl)c2=O)cc1S(=O)(=O)NCC(=O)N(C)C. The molecule has 10 nitrogen and oxygen atoms in total. The van der Waals surface area contributed by atoms with Gasteiger partial charge in [0.1, 0.15) is 11.6 Å². The van der Waals surface area contributed by atoms with Gasteiger partial charge in [-0.1, -0.05) is 29.3 Å². The van der Waals surface area contributed by atoms with Crippen LogP contribution in [0.15, 0.2) is 34.1 Å². The molecule has 0 aliphatic carbocycles. The van der Waals surface area contributed by atoms with Gasteiger partial charge >= 0.3 is 0 Å². The molecule has 2 N–H and O–H groups in total. The lowest BCUT2D eigenvalue weighted by Gasteiger charge is -2.14. The van der Waals surface area contributed by atoms with E-state index in [1.165, 1.54) is 37.2 Å². The number of nitrogens with one attached hydrogen (secondary N) is 2. The van der Waals surface area contributed by atoms with Gasteiger partial charge < -0.3 is 10.2 Å². The summed E-state index contributed by atoms with van der Waals surface area (Å²) in [6.07, 6.45) is 1.13. The van der Waals surface area contributed by atoms with Gasteiger partial charge in [0.2, 0.25) is 21.8 Å². The van der Waals surface area contributed by atoms with Gasteiger partial charge in [0.05, 0.1) is 22.7 Å². The molecule has 0 saturated carbocycles. The number of nitrogens with zero attached hydrogens (tertiary/aromatic N) is 3. The number of hydrogen-bond acceptors (Lipinski definition) is 6. The molecule has 1 heterocycles. The number of carbonyl (C=O) groups excluding carboxylic acids is 2. The van der Waals surface area contributed by atoms with E-state index in [1.54, 1.807) is 6.92 Å². The van der Waals surface area contributed by atoms with Crippen LogP contribution in [-0.4, -0.2) is 55.6 Å². The van der Waals surface area contributed by atoms with Crippen LogP contribution in [0.25, 0.3) is 0 Å². The number of hydrogen-bond donors (Lipinski definition) is 2. The molecule has 0 spiro atoms. The van der Waals surface area contributed by atoms with Crippen LogP contribution in [0.5, 0.6) is 0 Å². The monoisotopic (exact) mass is 475 g/mol. The van der Waals surface area contributed by atoms with Crippen molar-refractivity contribution in [2.75, 3.05) is 26.0 Å². The third-order valence-corrected chi connectivity index (χ3v) is 6.20. The Kier molecular flexibility index (Phi) is 7.59. The first-order valence-electron chi connectivity index (χ1n) is 8.44. The van der Waals surface area contributed by atoms with Crippen LogP contribution in [0.2, 0.25) is 10.0 Å². The maximum absolute atomic E-state index is 12.5. The van der Waals surface area contributed by atoms with E-state index in [0.717, 1.165) is 10.9 Å². The highest BCUT2D eigenvalue weighted by molar-refractivity contribution is 7.89. The lowest BCUT2D eigenvalue weighted by molar-refractivity contribution is -0.127. The number of aryl methyl sites for hydroxylation is 1.